The highest BCUT2D eigenvalue weighted by Crippen LogP contribution is 2.32. The van der Waals surface area contributed by atoms with Crippen LogP contribution in [0.15, 0.2) is 54.6 Å². The molecule has 0 spiro atoms. The number of hydrogen-bond donors (Lipinski definition) is 1. The summed E-state index contributed by atoms with van der Waals surface area (Å²) >= 11 is 0. The Morgan fingerprint density at radius 1 is 0.933 bits per heavy atom. The largest absolute Gasteiger partial charge is 0.486 e. The van der Waals surface area contributed by atoms with Gasteiger partial charge in [0.15, 0.2) is 18.1 Å². The second-order valence-electron chi connectivity index (χ2n) is 6.98. The average Bonchev–Trinajstić information content (AvgIpc) is 3.10. The first-order chi connectivity index (χ1) is 14.5. The number of nitrogens with zero attached hydrogens (tertiary/aromatic N) is 1. The molecule has 0 atom stereocenters. The van der Waals surface area contributed by atoms with Gasteiger partial charge in [-0.3, -0.25) is 4.79 Å². The van der Waals surface area contributed by atoms with Gasteiger partial charge in [0.1, 0.15) is 13.2 Å². The van der Waals surface area contributed by atoms with Gasteiger partial charge in [-0.25, -0.2) is 4.79 Å². The minimum atomic E-state index is -0.556. The molecule has 7 heteroatoms. The van der Waals surface area contributed by atoms with Gasteiger partial charge < -0.3 is 24.1 Å². The van der Waals surface area contributed by atoms with Gasteiger partial charge in [-0.2, -0.15) is 0 Å². The zero-order chi connectivity index (χ0) is 21.1. The van der Waals surface area contributed by atoms with Crippen LogP contribution in [0.5, 0.6) is 11.5 Å². The summed E-state index contributed by atoms with van der Waals surface area (Å²) in [6, 6.07) is 16.3. The van der Waals surface area contributed by atoms with Crippen LogP contribution in [0, 0.1) is 13.8 Å². The molecule has 0 saturated heterocycles. The molecule has 4 rings (SSSR count). The second kappa shape index (κ2) is 8.32. The maximum absolute atomic E-state index is 12.3. The Balaban J connectivity index is 1.33. The quantitative estimate of drug-likeness (QED) is 0.654. The summed E-state index contributed by atoms with van der Waals surface area (Å²) in [6.07, 6.45) is 0. The van der Waals surface area contributed by atoms with Crippen LogP contribution in [-0.2, 0) is 9.53 Å². The number of aromatic nitrogens is 1. The standard InChI is InChI=1S/C23H22N2O5/c1-15-3-4-16(2)25(15)19-8-5-17(6-9-19)23(27)30-14-22(26)24-18-7-10-20-21(13-18)29-12-11-28-20/h3-10,13H,11-12,14H2,1-2H3,(H,24,26). The third kappa shape index (κ3) is 4.15. The molecule has 7 nitrogen and oxygen atoms in total. The normalized spacial score (nSPS) is 12.3. The van der Waals surface area contributed by atoms with Crippen molar-refractivity contribution in [3.63, 3.8) is 0 Å². The summed E-state index contributed by atoms with van der Waals surface area (Å²) in [6.45, 7) is 4.63. The van der Waals surface area contributed by atoms with Crippen molar-refractivity contribution in [2.75, 3.05) is 25.1 Å². The molecule has 154 valence electrons. The molecule has 0 saturated carbocycles. The maximum atomic E-state index is 12.3. The molecule has 30 heavy (non-hydrogen) atoms. The molecule has 1 aromatic heterocycles. The number of rotatable bonds is 5. The number of benzene rings is 2. The number of carbonyl (C=O) groups excluding carboxylic acids is 2. The van der Waals surface area contributed by atoms with Crippen molar-refractivity contribution in [3.05, 3.63) is 71.5 Å². The number of ether oxygens (including phenoxy) is 3. The van der Waals surface area contributed by atoms with Gasteiger partial charge in [0.2, 0.25) is 0 Å². The molecule has 0 bridgehead atoms. The second-order valence-corrected chi connectivity index (χ2v) is 6.98. The molecule has 0 fully saturated rings. The number of hydrogen-bond acceptors (Lipinski definition) is 5. The number of nitrogens with one attached hydrogen (secondary N) is 1. The number of fused-ring (bicyclic) bond motifs is 1. The molecule has 1 amide bonds. The summed E-state index contributed by atoms with van der Waals surface area (Å²) in [5.74, 6) is 0.221. The lowest BCUT2D eigenvalue weighted by Crippen LogP contribution is -2.21. The minimum absolute atomic E-state index is 0.383. The zero-order valence-electron chi connectivity index (χ0n) is 16.8. The van der Waals surface area contributed by atoms with Crippen LogP contribution in [0.1, 0.15) is 21.7 Å². The highest BCUT2D eigenvalue weighted by atomic mass is 16.6. The van der Waals surface area contributed by atoms with Crippen LogP contribution >= 0.6 is 0 Å². The highest BCUT2D eigenvalue weighted by molar-refractivity contribution is 5.95. The van der Waals surface area contributed by atoms with Gasteiger partial charge in [-0.1, -0.05) is 0 Å². The number of aryl methyl sites for hydroxylation is 2. The van der Waals surface area contributed by atoms with Gasteiger partial charge >= 0.3 is 5.97 Å². The van der Waals surface area contributed by atoms with Gasteiger partial charge in [-0.05, 0) is 62.4 Å². The van der Waals surface area contributed by atoms with Crippen molar-refractivity contribution >= 4 is 17.6 Å². The van der Waals surface area contributed by atoms with E-state index in [-0.39, 0.29) is 6.61 Å². The van der Waals surface area contributed by atoms with E-state index in [1.165, 1.54) is 0 Å². The van der Waals surface area contributed by atoms with Crippen molar-refractivity contribution in [2.24, 2.45) is 0 Å². The molecule has 0 aliphatic carbocycles. The summed E-state index contributed by atoms with van der Waals surface area (Å²) < 4.78 is 18.2. The highest BCUT2D eigenvalue weighted by Gasteiger charge is 2.14. The lowest BCUT2D eigenvalue weighted by atomic mass is 10.2. The van der Waals surface area contributed by atoms with Crippen molar-refractivity contribution < 1.29 is 23.8 Å². The first kappa shape index (κ1) is 19.6. The Labute approximate surface area is 174 Å². The van der Waals surface area contributed by atoms with Gasteiger partial charge in [0, 0.05) is 28.8 Å². The van der Waals surface area contributed by atoms with E-state index in [0.29, 0.717) is 36.0 Å². The molecular formula is C23H22N2O5. The topological polar surface area (TPSA) is 78.8 Å². The third-order valence-electron chi connectivity index (χ3n) is 4.79. The van der Waals surface area contributed by atoms with E-state index < -0.39 is 11.9 Å². The smallest absolute Gasteiger partial charge is 0.338 e. The van der Waals surface area contributed by atoms with E-state index in [2.05, 4.69) is 9.88 Å². The van der Waals surface area contributed by atoms with Crippen molar-refractivity contribution in [3.8, 4) is 17.2 Å². The number of esters is 1. The van der Waals surface area contributed by atoms with Crippen LogP contribution in [0.4, 0.5) is 5.69 Å². The van der Waals surface area contributed by atoms with Crippen LogP contribution < -0.4 is 14.8 Å². The lowest BCUT2D eigenvalue weighted by Gasteiger charge is -2.19. The summed E-state index contributed by atoms with van der Waals surface area (Å²) in [7, 11) is 0. The Morgan fingerprint density at radius 2 is 1.60 bits per heavy atom. The van der Waals surface area contributed by atoms with Crippen LogP contribution in [-0.4, -0.2) is 36.3 Å². The predicted octanol–water partition coefficient (Wildman–Crippen LogP) is 3.66. The first-order valence-corrected chi connectivity index (χ1v) is 9.63. The van der Waals surface area contributed by atoms with Crippen molar-refractivity contribution in [1.82, 2.24) is 4.57 Å². The molecule has 2 aromatic carbocycles. The van der Waals surface area contributed by atoms with Crippen LogP contribution in [0.25, 0.3) is 5.69 Å². The molecule has 3 aromatic rings. The summed E-state index contributed by atoms with van der Waals surface area (Å²) in [4.78, 5) is 24.4. The van der Waals surface area contributed by atoms with Gasteiger partial charge in [-0.15, -0.1) is 0 Å². The Hall–Kier alpha value is -3.74. The Bertz CT molecular complexity index is 1070. The molecule has 1 aliphatic heterocycles. The lowest BCUT2D eigenvalue weighted by molar-refractivity contribution is -0.119. The fourth-order valence-corrected chi connectivity index (χ4v) is 3.35. The zero-order valence-corrected chi connectivity index (χ0v) is 16.8. The van der Waals surface area contributed by atoms with Crippen LogP contribution in [0.2, 0.25) is 0 Å². The predicted molar refractivity (Wildman–Crippen MR) is 112 cm³/mol. The monoisotopic (exact) mass is 406 g/mol. The van der Waals surface area contributed by atoms with E-state index >= 15 is 0 Å². The first-order valence-electron chi connectivity index (χ1n) is 9.63. The molecule has 0 unspecified atom stereocenters. The number of amides is 1. The SMILES string of the molecule is Cc1ccc(C)n1-c1ccc(C(=O)OCC(=O)Nc2ccc3c(c2)OCCO3)cc1. The van der Waals surface area contributed by atoms with Crippen LogP contribution in [0.3, 0.4) is 0 Å². The van der Waals surface area contributed by atoms with E-state index in [4.69, 9.17) is 14.2 Å². The van der Waals surface area contributed by atoms with E-state index in [1.807, 2.05) is 38.1 Å². The molecule has 1 N–H and O–H groups in total. The minimum Gasteiger partial charge on any atom is -0.486 e. The van der Waals surface area contributed by atoms with Gasteiger partial charge in [0.25, 0.3) is 5.91 Å². The molecule has 0 radical (unpaired) electrons. The Kier molecular flexibility index (Phi) is 5.43. The summed E-state index contributed by atoms with van der Waals surface area (Å²) in [5.41, 5.74) is 4.11. The number of carbonyl (C=O) groups is 2. The molecular weight excluding hydrogens is 384 g/mol. The maximum Gasteiger partial charge on any atom is 0.338 e. The van der Waals surface area contributed by atoms with E-state index in [9.17, 15) is 9.59 Å². The average molecular weight is 406 g/mol. The number of anilines is 1. The molecule has 2 heterocycles. The fourth-order valence-electron chi connectivity index (χ4n) is 3.35. The third-order valence-corrected chi connectivity index (χ3v) is 4.79. The fraction of sp³-hybridized carbons (Fsp3) is 0.217. The Morgan fingerprint density at radius 3 is 2.30 bits per heavy atom. The van der Waals surface area contributed by atoms with Gasteiger partial charge in [0.05, 0.1) is 5.56 Å². The molecule has 1 aliphatic rings. The summed E-state index contributed by atoms with van der Waals surface area (Å²) in [5, 5.41) is 2.68. The van der Waals surface area contributed by atoms with E-state index in [1.54, 1.807) is 30.3 Å². The van der Waals surface area contributed by atoms with Crippen molar-refractivity contribution in [2.45, 2.75) is 13.8 Å². The van der Waals surface area contributed by atoms with Crippen molar-refractivity contribution in [1.29, 1.82) is 0 Å². The van der Waals surface area contributed by atoms with E-state index in [0.717, 1.165) is 17.1 Å².